The number of methoxy groups -OCH3 is 1. The van der Waals surface area contributed by atoms with Gasteiger partial charge in [0, 0.05) is 18.7 Å². The standard InChI is InChI=1S/C20H24N2O2/c1-14-11-20(23)22(19-6-4-5-15(2)21-19)13-17(14)12-16-7-9-18(24-3)10-8-16/h4-10,14,17H,11-13H2,1-3H3. The lowest BCUT2D eigenvalue weighted by Crippen LogP contribution is -2.45. The van der Waals surface area contributed by atoms with Gasteiger partial charge in [-0.05, 0) is 55.0 Å². The lowest BCUT2D eigenvalue weighted by molar-refractivity contribution is -0.121. The van der Waals surface area contributed by atoms with E-state index in [-0.39, 0.29) is 5.91 Å². The molecule has 4 heteroatoms. The molecule has 2 unspecified atom stereocenters. The van der Waals surface area contributed by atoms with Crippen LogP contribution in [0.3, 0.4) is 0 Å². The van der Waals surface area contributed by atoms with E-state index in [9.17, 15) is 4.79 Å². The maximum absolute atomic E-state index is 12.5. The molecule has 0 saturated carbocycles. The van der Waals surface area contributed by atoms with E-state index in [0.29, 0.717) is 18.3 Å². The number of amides is 1. The molecule has 2 heterocycles. The first-order chi connectivity index (χ1) is 11.6. The van der Waals surface area contributed by atoms with Gasteiger partial charge in [0.05, 0.1) is 7.11 Å². The second kappa shape index (κ2) is 7.04. The summed E-state index contributed by atoms with van der Waals surface area (Å²) in [5.74, 6) is 2.62. The molecule has 1 fully saturated rings. The van der Waals surface area contributed by atoms with Gasteiger partial charge in [-0.15, -0.1) is 0 Å². The van der Waals surface area contributed by atoms with Gasteiger partial charge in [-0.1, -0.05) is 25.1 Å². The summed E-state index contributed by atoms with van der Waals surface area (Å²) in [4.78, 5) is 18.8. The van der Waals surface area contributed by atoms with Gasteiger partial charge in [0.25, 0.3) is 0 Å². The number of aromatic nitrogens is 1. The second-order valence-corrected chi connectivity index (χ2v) is 6.64. The van der Waals surface area contributed by atoms with Crippen LogP contribution in [0, 0.1) is 18.8 Å². The summed E-state index contributed by atoms with van der Waals surface area (Å²) in [6.07, 6.45) is 1.54. The Hall–Kier alpha value is -2.36. The number of rotatable bonds is 4. The Labute approximate surface area is 143 Å². The lowest BCUT2D eigenvalue weighted by atomic mass is 9.82. The van der Waals surface area contributed by atoms with Crippen molar-refractivity contribution >= 4 is 11.7 Å². The first kappa shape index (κ1) is 16.5. The number of benzene rings is 1. The summed E-state index contributed by atoms with van der Waals surface area (Å²) < 4.78 is 5.22. The molecule has 0 bridgehead atoms. The fourth-order valence-corrected chi connectivity index (χ4v) is 3.30. The Morgan fingerprint density at radius 3 is 2.62 bits per heavy atom. The minimum atomic E-state index is 0.173. The molecule has 1 aliphatic heterocycles. The molecule has 0 aliphatic carbocycles. The molecule has 1 aliphatic rings. The van der Waals surface area contributed by atoms with Crippen LogP contribution in [0.1, 0.15) is 24.6 Å². The average Bonchev–Trinajstić information content (AvgIpc) is 2.58. The van der Waals surface area contributed by atoms with Crippen molar-refractivity contribution in [1.82, 2.24) is 4.98 Å². The van der Waals surface area contributed by atoms with Crippen LogP contribution in [0.2, 0.25) is 0 Å². The maximum Gasteiger partial charge on any atom is 0.228 e. The molecule has 24 heavy (non-hydrogen) atoms. The number of carbonyl (C=O) groups excluding carboxylic acids is 1. The van der Waals surface area contributed by atoms with Gasteiger partial charge in [0.1, 0.15) is 11.6 Å². The van der Waals surface area contributed by atoms with Crippen LogP contribution in [0.25, 0.3) is 0 Å². The van der Waals surface area contributed by atoms with Crippen LogP contribution in [-0.4, -0.2) is 24.5 Å². The van der Waals surface area contributed by atoms with Gasteiger partial charge in [-0.25, -0.2) is 4.98 Å². The fraction of sp³-hybridized carbons (Fsp3) is 0.400. The van der Waals surface area contributed by atoms with E-state index in [2.05, 4.69) is 24.0 Å². The second-order valence-electron chi connectivity index (χ2n) is 6.64. The molecule has 4 nitrogen and oxygen atoms in total. The predicted molar refractivity (Wildman–Crippen MR) is 95.3 cm³/mol. The lowest BCUT2D eigenvalue weighted by Gasteiger charge is -2.36. The van der Waals surface area contributed by atoms with E-state index in [4.69, 9.17) is 4.74 Å². The average molecular weight is 324 g/mol. The summed E-state index contributed by atoms with van der Waals surface area (Å²) in [6, 6.07) is 14.0. The number of piperidine rings is 1. The van der Waals surface area contributed by atoms with Crippen molar-refractivity contribution in [2.75, 3.05) is 18.6 Å². The highest BCUT2D eigenvalue weighted by Crippen LogP contribution is 2.30. The summed E-state index contributed by atoms with van der Waals surface area (Å²) in [6.45, 7) is 4.85. The van der Waals surface area contributed by atoms with Crippen molar-refractivity contribution in [1.29, 1.82) is 0 Å². The summed E-state index contributed by atoms with van der Waals surface area (Å²) in [5, 5.41) is 0. The molecule has 1 saturated heterocycles. The zero-order valence-corrected chi connectivity index (χ0v) is 14.5. The first-order valence-corrected chi connectivity index (χ1v) is 8.44. The number of hydrogen-bond donors (Lipinski definition) is 0. The molecular weight excluding hydrogens is 300 g/mol. The molecule has 1 amide bonds. The molecule has 3 rings (SSSR count). The Morgan fingerprint density at radius 2 is 1.96 bits per heavy atom. The van der Waals surface area contributed by atoms with Gasteiger partial charge < -0.3 is 4.74 Å². The number of ether oxygens (including phenoxy) is 1. The number of carbonyl (C=O) groups is 1. The molecule has 1 aromatic heterocycles. The number of nitrogens with zero attached hydrogens (tertiary/aromatic N) is 2. The van der Waals surface area contributed by atoms with E-state index >= 15 is 0 Å². The molecule has 1 aromatic carbocycles. The van der Waals surface area contributed by atoms with Crippen molar-refractivity contribution in [3.05, 3.63) is 53.7 Å². The van der Waals surface area contributed by atoms with E-state index in [1.807, 2.05) is 42.2 Å². The minimum absolute atomic E-state index is 0.173. The van der Waals surface area contributed by atoms with Gasteiger partial charge >= 0.3 is 0 Å². The normalized spacial score (nSPS) is 21.0. The van der Waals surface area contributed by atoms with Crippen LogP contribution in [0.5, 0.6) is 5.75 Å². The number of aryl methyl sites for hydroxylation is 1. The highest BCUT2D eigenvalue weighted by molar-refractivity contribution is 5.93. The SMILES string of the molecule is COc1ccc(CC2CN(c3cccc(C)n3)C(=O)CC2C)cc1. The van der Waals surface area contributed by atoms with E-state index in [1.165, 1.54) is 5.56 Å². The van der Waals surface area contributed by atoms with Gasteiger partial charge in [0.15, 0.2) is 0 Å². The Kier molecular flexibility index (Phi) is 4.84. The molecule has 2 atom stereocenters. The van der Waals surface area contributed by atoms with E-state index < -0.39 is 0 Å². The van der Waals surface area contributed by atoms with E-state index in [1.54, 1.807) is 7.11 Å². The largest absolute Gasteiger partial charge is 0.497 e. The Bertz CT molecular complexity index is 712. The Balaban J connectivity index is 1.76. The van der Waals surface area contributed by atoms with Crippen molar-refractivity contribution in [2.45, 2.75) is 26.7 Å². The fourth-order valence-electron chi connectivity index (χ4n) is 3.30. The third-order valence-corrected chi connectivity index (χ3v) is 4.83. The molecule has 0 radical (unpaired) electrons. The summed E-state index contributed by atoms with van der Waals surface area (Å²) in [7, 11) is 1.68. The van der Waals surface area contributed by atoms with Gasteiger partial charge in [0.2, 0.25) is 5.91 Å². The molecular formula is C20H24N2O2. The molecule has 126 valence electrons. The van der Waals surface area contributed by atoms with Crippen molar-refractivity contribution in [3.63, 3.8) is 0 Å². The van der Waals surface area contributed by atoms with Crippen molar-refractivity contribution in [3.8, 4) is 5.75 Å². The highest BCUT2D eigenvalue weighted by atomic mass is 16.5. The van der Waals surface area contributed by atoms with Gasteiger partial charge in [-0.3, -0.25) is 9.69 Å². The monoisotopic (exact) mass is 324 g/mol. The summed E-state index contributed by atoms with van der Waals surface area (Å²) in [5.41, 5.74) is 2.21. The zero-order valence-electron chi connectivity index (χ0n) is 14.5. The summed E-state index contributed by atoms with van der Waals surface area (Å²) >= 11 is 0. The molecule has 0 N–H and O–H groups in total. The third kappa shape index (κ3) is 3.58. The van der Waals surface area contributed by atoms with Crippen LogP contribution in [0.15, 0.2) is 42.5 Å². The predicted octanol–water partition coefficient (Wildman–Crippen LogP) is 3.63. The topological polar surface area (TPSA) is 42.4 Å². The Morgan fingerprint density at radius 1 is 1.21 bits per heavy atom. The zero-order chi connectivity index (χ0) is 17.1. The van der Waals surface area contributed by atoms with Gasteiger partial charge in [-0.2, -0.15) is 0 Å². The number of pyridine rings is 1. The van der Waals surface area contributed by atoms with Crippen molar-refractivity contribution in [2.24, 2.45) is 11.8 Å². The maximum atomic E-state index is 12.5. The quantitative estimate of drug-likeness (QED) is 0.862. The minimum Gasteiger partial charge on any atom is -0.497 e. The third-order valence-electron chi connectivity index (χ3n) is 4.83. The van der Waals surface area contributed by atoms with E-state index in [0.717, 1.165) is 30.2 Å². The smallest absolute Gasteiger partial charge is 0.228 e. The molecule has 0 spiro atoms. The van der Waals surface area contributed by atoms with Crippen molar-refractivity contribution < 1.29 is 9.53 Å². The number of hydrogen-bond acceptors (Lipinski definition) is 3. The van der Waals surface area contributed by atoms with Crippen LogP contribution in [0.4, 0.5) is 5.82 Å². The number of anilines is 1. The van der Waals surface area contributed by atoms with Crippen LogP contribution < -0.4 is 9.64 Å². The van der Waals surface area contributed by atoms with Crippen LogP contribution in [-0.2, 0) is 11.2 Å². The first-order valence-electron chi connectivity index (χ1n) is 8.44. The van der Waals surface area contributed by atoms with Crippen LogP contribution >= 0.6 is 0 Å². The molecule has 2 aromatic rings. The highest BCUT2D eigenvalue weighted by Gasteiger charge is 2.32.